The molecule has 2 heterocycles. The van der Waals surface area contributed by atoms with Gasteiger partial charge in [-0.1, -0.05) is 29.4 Å². The van der Waals surface area contributed by atoms with Gasteiger partial charge in [-0.15, -0.1) is 0 Å². The zero-order chi connectivity index (χ0) is 19.7. The van der Waals surface area contributed by atoms with E-state index < -0.39 is 0 Å². The fourth-order valence-corrected chi connectivity index (χ4v) is 4.17. The second kappa shape index (κ2) is 7.60. The van der Waals surface area contributed by atoms with Gasteiger partial charge in [0.05, 0.1) is 5.69 Å². The molecule has 0 saturated carbocycles. The number of hydrogen-bond acceptors (Lipinski definition) is 5. The molecule has 2 aromatic carbocycles. The van der Waals surface area contributed by atoms with Crippen molar-refractivity contribution < 1.29 is 4.52 Å². The summed E-state index contributed by atoms with van der Waals surface area (Å²) >= 11 is 1.48. The first-order valence-electron chi connectivity index (χ1n) is 9.39. The molecular formula is C23H23N3OS. The van der Waals surface area contributed by atoms with E-state index in [1.165, 1.54) is 34.0 Å². The van der Waals surface area contributed by atoms with E-state index in [0.717, 1.165) is 34.7 Å². The van der Waals surface area contributed by atoms with Gasteiger partial charge in [0.2, 0.25) is 0 Å². The third kappa shape index (κ3) is 3.34. The Kier molecular flexibility index (Phi) is 5.01. The van der Waals surface area contributed by atoms with Crippen LogP contribution in [0, 0.1) is 20.8 Å². The number of hydrogen-bond donors (Lipinski definition) is 0. The number of aryl methyl sites for hydroxylation is 3. The molecular weight excluding hydrogens is 366 g/mol. The van der Waals surface area contributed by atoms with Crippen LogP contribution in [-0.2, 0) is 0 Å². The third-order valence-corrected chi connectivity index (χ3v) is 5.67. The second-order valence-electron chi connectivity index (χ2n) is 6.90. The number of rotatable bonds is 5. The van der Waals surface area contributed by atoms with Crippen molar-refractivity contribution >= 4 is 22.9 Å². The fourth-order valence-electron chi connectivity index (χ4n) is 3.62. The smallest absolute Gasteiger partial charge is 0.141 e. The highest BCUT2D eigenvalue weighted by Gasteiger charge is 2.16. The van der Waals surface area contributed by atoms with Crippen LogP contribution in [0.25, 0.3) is 22.3 Å². The summed E-state index contributed by atoms with van der Waals surface area (Å²) in [6.07, 6.45) is 1.91. The van der Waals surface area contributed by atoms with E-state index in [-0.39, 0.29) is 0 Å². The molecule has 4 nitrogen and oxygen atoms in total. The Labute approximate surface area is 169 Å². The van der Waals surface area contributed by atoms with Crippen LogP contribution in [-0.4, -0.2) is 16.1 Å². The van der Waals surface area contributed by atoms with Crippen LogP contribution in [0.1, 0.15) is 23.9 Å². The normalized spacial score (nSPS) is 11.0. The summed E-state index contributed by atoms with van der Waals surface area (Å²) in [7, 11) is 0. The van der Waals surface area contributed by atoms with Gasteiger partial charge in [-0.2, -0.15) is 0 Å². The Morgan fingerprint density at radius 3 is 2.32 bits per heavy atom. The van der Waals surface area contributed by atoms with E-state index in [2.05, 4.69) is 76.1 Å². The minimum atomic E-state index is 0.851. The Hall–Kier alpha value is -2.92. The fraction of sp³-hybridized carbons (Fsp3) is 0.217. The average Bonchev–Trinajstić information content (AvgIpc) is 3.35. The summed E-state index contributed by atoms with van der Waals surface area (Å²) in [6.45, 7) is 9.16. The third-order valence-electron chi connectivity index (χ3n) is 5.08. The molecule has 5 heteroatoms. The van der Waals surface area contributed by atoms with Gasteiger partial charge in [0, 0.05) is 40.6 Å². The van der Waals surface area contributed by atoms with Crippen molar-refractivity contribution in [3.8, 4) is 22.3 Å². The van der Waals surface area contributed by atoms with Crippen LogP contribution in [0.3, 0.4) is 0 Å². The lowest BCUT2D eigenvalue weighted by atomic mass is 10.0. The second-order valence-corrected chi connectivity index (χ2v) is 7.56. The largest absolute Gasteiger partial charge is 0.361 e. The zero-order valence-corrected chi connectivity index (χ0v) is 17.4. The van der Waals surface area contributed by atoms with Crippen molar-refractivity contribution in [1.82, 2.24) is 9.53 Å². The van der Waals surface area contributed by atoms with Gasteiger partial charge in [-0.3, -0.25) is 0 Å². The van der Waals surface area contributed by atoms with Crippen molar-refractivity contribution in [2.45, 2.75) is 27.7 Å². The average molecular weight is 390 g/mol. The molecule has 0 radical (unpaired) electrons. The summed E-state index contributed by atoms with van der Waals surface area (Å²) in [4.78, 5) is 2.34. The highest BCUT2D eigenvalue weighted by molar-refractivity contribution is 7.03. The Bertz CT molecular complexity index is 1060. The lowest BCUT2D eigenvalue weighted by molar-refractivity contribution is 0.393. The van der Waals surface area contributed by atoms with E-state index >= 15 is 0 Å². The van der Waals surface area contributed by atoms with Gasteiger partial charge in [-0.25, -0.2) is 4.37 Å². The first-order chi connectivity index (χ1) is 13.6. The topological polar surface area (TPSA) is 42.2 Å². The molecule has 2 aromatic heterocycles. The quantitative estimate of drug-likeness (QED) is 0.388. The van der Waals surface area contributed by atoms with Gasteiger partial charge in [0.15, 0.2) is 0 Å². The van der Waals surface area contributed by atoms with E-state index in [4.69, 9.17) is 4.52 Å². The molecule has 0 aliphatic heterocycles. The first-order valence-corrected chi connectivity index (χ1v) is 10.2. The van der Waals surface area contributed by atoms with Gasteiger partial charge in [0.25, 0.3) is 0 Å². The van der Waals surface area contributed by atoms with Crippen molar-refractivity contribution in [2.75, 3.05) is 11.4 Å². The lowest BCUT2D eigenvalue weighted by Crippen LogP contribution is -2.17. The predicted octanol–water partition coefficient (Wildman–Crippen LogP) is 6.55. The molecule has 0 atom stereocenters. The van der Waals surface area contributed by atoms with Gasteiger partial charge in [0.1, 0.15) is 5.76 Å². The Balaban J connectivity index is 1.73. The molecule has 0 N–H and O–H groups in total. The molecule has 142 valence electrons. The summed E-state index contributed by atoms with van der Waals surface area (Å²) in [6, 6.07) is 15.2. The molecule has 0 aliphatic rings. The molecule has 0 amide bonds. The SMILES string of the molecule is CCN(c1ccc(-c2cnsc2)cc1)c1cc(-c2c(C)noc2C)ccc1C. The summed E-state index contributed by atoms with van der Waals surface area (Å²) in [5.41, 5.74) is 9.10. The number of anilines is 2. The van der Waals surface area contributed by atoms with E-state index in [1.807, 2.05) is 20.0 Å². The maximum atomic E-state index is 5.37. The van der Waals surface area contributed by atoms with Crippen molar-refractivity contribution in [2.24, 2.45) is 0 Å². The molecule has 0 spiro atoms. The molecule has 0 unspecified atom stereocenters. The Morgan fingerprint density at radius 1 is 0.964 bits per heavy atom. The summed E-state index contributed by atoms with van der Waals surface area (Å²) in [5.74, 6) is 0.851. The highest BCUT2D eigenvalue weighted by atomic mass is 32.1. The molecule has 4 rings (SSSR count). The summed E-state index contributed by atoms with van der Waals surface area (Å²) < 4.78 is 9.57. The maximum Gasteiger partial charge on any atom is 0.141 e. The van der Waals surface area contributed by atoms with Crippen LogP contribution in [0.4, 0.5) is 11.4 Å². The Morgan fingerprint density at radius 2 is 1.71 bits per heavy atom. The molecule has 28 heavy (non-hydrogen) atoms. The number of aromatic nitrogens is 2. The maximum absolute atomic E-state index is 5.37. The van der Waals surface area contributed by atoms with E-state index in [9.17, 15) is 0 Å². The van der Waals surface area contributed by atoms with Crippen LogP contribution >= 0.6 is 11.5 Å². The first kappa shape index (κ1) is 18.4. The lowest BCUT2D eigenvalue weighted by Gasteiger charge is -2.26. The monoisotopic (exact) mass is 389 g/mol. The number of benzene rings is 2. The zero-order valence-electron chi connectivity index (χ0n) is 16.6. The van der Waals surface area contributed by atoms with Crippen molar-refractivity contribution in [3.63, 3.8) is 0 Å². The number of nitrogens with zero attached hydrogens (tertiary/aromatic N) is 3. The molecule has 0 fully saturated rings. The van der Waals surface area contributed by atoms with Crippen molar-refractivity contribution in [1.29, 1.82) is 0 Å². The van der Waals surface area contributed by atoms with Crippen molar-refractivity contribution in [3.05, 3.63) is 71.1 Å². The summed E-state index contributed by atoms with van der Waals surface area (Å²) in [5, 5.41) is 6.18. The van der Waals surface area contributed by atoms with Crippen LogP contribution in [0.5, 0.6) is 0 Å². The van der Waals surface area contributed by atoms with E-state index in [0.29, 0.717) is 0 Å². The van der Waals surface area contributed by atoms with E-state index in [1.54, 1.807) is 0 Å². The van der Waals surface area contributed by atoms with Gasteiger partial charge in [-0.05, 0) is 74.1 Å². The molecule has 0 aliphatic carbocycles. The molecule has 0 bridgehead atoms. The predicted molar refractivity (Wildman–Crippen MR) is 116 cm³/mol. The van der Waals surface area contributed by atoms with Crippen LogP contribution in [0.15, 0.2) is 58.6 Å². The van der Waals surface area contributed by atoms with Gasteiger partial charge < -0.3 is 9.42 Å². The minimum Gasteiger partial charge on any atom is -0.361 e. The molecule has 4 aromatic rings. The minimum absolute atomic E-state index is 0.851. The molecule has 0 saturated heterocycles. The highest BCUT2D eigenvalue weighted by Crippen LogP contribution is 2.35. The van der Waals surface area contributed by atoms with Gasteiger partial charge >= 0.3 is 0 Å². The standard InChI is InChI=1S/C23H23N3OS/c1-5-26(21-10-8-18(9-11-21)20-13-24-28-14-20)22-12-19(7-6-15(22)2)23-16(3)25-27-17(23)4/h6-14H,5H2,1-4H3. The van der Waals surface area contributed by atoms with Crippen LogP contribution in [0.2, 0.25) is 0 Å². The van der Waals surface area contributed by atoms with Crippen LogP contribution < -0.4 is 4.90 Å².